The first kappa shape index (κ1) is 38.7. The normalized spacial score (nSPS) is 14.6. The minimum Gasteiger partial charge on any atom is -0.463 e. The fraction of sp³-hybridized carbons (Fsp3) is 0.657. The highest BCUT2D eigenvalue weighted by Crippen LogP contribution is 2.32. The summed E-state index contributed by atoms with van der Waals surface area (Å²) in [6.45, 7) is 22.8. The van der Waals surface area contributed by atoms with Crippen LogP contribution in [-0.2, 0) is 29.3 Å². The lowest BCUT2D eigenvalue weighted by Crippen LogP contribution is -2.63. The Bertz CT molecular complexity index is 1150. The first-order valence-electron chi connectivity index (χ1n) is 15.7. The number of likely N-dealkylation sites (N-methyl/N-ethyl adjacent to an activating group) is 2. The molecule has 3 amide bonds. The molecule has 1 rings (SSSR count). The first-order valence-corrected chi connectivity index (χ1v) is 15.7. The molecule has 9 nitrogen and oxygen atoms in total. The van der Waals surface area contributed by atoms with Crippen molar-refractivity contribution in [3.8, 4) is 0 Å². The Labute approximate surface area is 265 Å². The Morgan fingerprint density at radius 2 is 1.50 bits per heavy atom. The monoisotopic (exact) mass is 615 g/mol. The zero-order valence-electron chi connectivity index (χ0n) is 29.4. The molecule has 1 aromatic carbocycles. The molecule has 0 saturated carbocycles. The summed E-state index contributed by atoms with van der Waals surface area (Å²) in [4.78, 5) is 57.5. The summed E-state index contributed by atoms with van der Waals surface area (Å²) in [5.74, 6) is -1.16. The van der Waals surface area contributed by atoms with Crippen molar-refractivity contribution in [2.24, 2.45) is 5.41 Å². The standard InChI is InChI=1S/C35H57N3O6/c1-14-20-26(23-24(4)31(41)43-16-3)38(15-2)30(40)27(33(5,6)7)36-29(39)28(37(13)32(42)44-34(8,9)10)35(11,12)25-21-18-17-19-22-25/h17-19,21-23,26-28H,14-16,20H2,1-13H3,(H,36,39)/t26-,27+,28+/m0/s1. The van der Waals surface area contributed by atoms with E-state index in [1.807, 2.05) is 78.8 Å². The number of hydrogen-bond donors (Lipinski definition) is 1. The number of amides is 3. The SMILES string of the molecule is CCC[C@@H](C=C(C)C(=O)OCC)N(CC)C(=O)[C@@H](NC(=O)[C@@H](N(C)C(=O)OC(C)(C)C)C(C)(C)c1ccccc1)C(C)(C)C. The number of nitrogens with zero attached hydrogens (tertiary/aromatic N) is 2. The molecule has 1 aromatic rings. The lowest BCUT2D eigenvalue weighted by molar-refractivity contribution is -0.142. The molecule has 44 heavy (non-hydrogen) atoms. The Hall–Kier alpha value is -3.36. The molecule has 248 valence electrons. The van der Waals surface area contributed by atoms with Gasteiger partial charge in [0.1, 0.15) is 17.7 Å². The van der Waals surface area contributed by atoms with Gasteiger partial charge in [-0.05, 0) is 58.9 Å². The largest absolute Gasteiger partial charge is 0.463 e. The fourth-order valence-electron chi connectivity index (χ4n) is 5.27. The van der Waals surface area contributed by atoms with Crippen LogP contribution in [0.25, 0.3) is 0 Å². The van der Waals surface area contributed by atoms with Crippen molar-refractivity contribution in [3.63, 3.8) is 0 Å². The smallest absolute Gasteiger partial charge is 0.410 e. The molecule has 9 heteroatoms. The van der Waals surface area contributed by atoms with E-state index in [1.165, 1.54) is 4.90 Å². The zero-order chi connectivity index (χ0) is 34.0. The first-order chi connectivity index (χ1) is 20.2. The van der Waals surface area contributed by atoms with Crippen LogP contribution < -0.4 is 5.32 Å². The second-order valence-electron chi connectivity index (χ2n) is 13.9. The molecule has 0 heterocycles. The number of hydrogen-bond acceptors (Lipinski definition) is 6. The molecule has 0 unspecified atom stereocenters. The zero-order valence-corrected chi connectivity index (χ0v) is 29.4. The molecule has 0 aliphatic rings. The molecule has 0 aliphatic carbocycles. The van der Waals surface area contributed by atoms with E-state index in [2.05, 4.69) is 5.32 Å². The second-order valence-corrected chi connectivity index (χ2v) is 13.9. The molecule has 0 saturated heterocycles. The molecular weight excluding hydrogens is 558 g/mol. The van der Waals surface area contributed by atoms with Crippen LogP contribution in [0.2, 0.25) is 0 Å². The van der Waals surface area contributed by atoms with Gasteiger partial charge >= 0.3 is 12.1 Å². The highest BCUT2D eigenvalue weighted by atomic mass is 16.6. The third-order valence-electron chi connectivity index (χ3n) is 7.57. The third-order valence-corrected chi connectivity index (χ3v) is 7.57. The molecule has 0 bridgehead atoms. The van der Waals surface area contributed by atoms with E-state index in [0.717, 1.165) is 12.0 Å². The Balaban J connectivity index is 3.63. The van der Waals surface area contributed by atoms with E-state index in [0.29, 0.717) is 18.5 Å². The van der Waals surface area contributed by atoms with Gasteiger partial charge in [-0.25, -0.2) is 9.59 Å². The van der Waals surface area contributed by atoms with Crippen molar-refractivity contribution < 1.29 is 28.7 Å². The van der Waals surface area contributed by atoms with Crippen molar-refractivity contribution >= 4 is 23.9 Å². The van der Waals surface area contributed by atoms with Gasteiger partial charge in [0.15, 0.2) is 0 Å². The van der Waals surface area contributed by atoms with Gasteiger partial charge in [0.2, 0.25) is 11.8 Å². The molecule has 0 aromatic heterocycles. The average Bonchev–Trinajstić information content (AvgIpc) is 2.91. The van der Waals surface area contributed by atoms with E-state index in [-0.39, 0.29) is 18.6 Å². The maximum absolute atomic E-state index is 14.4. The molecule has 0 fully saturated rings. The summed E-state index contributed by atoms with van der Waals surface area (Å²) in [5.41, 5.74) is -1.01. The summed E-state index contributed by atoms with van der Waals surface area (Å²) in [7, 11) is 1.55. The highest BCUT2D eigenvalue weighted by Gasteiger charge is 2.46. The number of nitrogens with one attached hydrogen (secondary N) is 1. The summed E-state index contributed by atoms with van der Waals surface area (Å²) >= 11 is 0. The number of ether oxygens (including phenoxy) is 2. The van der Waals surface area contributed by atoms with E-state index in [1.54, 1.807) is 52.6 Å². The van der Waals surface area contributed by atoms with E-state index in [9.17, 15) is 19.2 Å². The third kappa shape index (κ3) is 10.7. The maximum Gasteiger partial charge on any atom is 0.410 e. The molecule has 1 N–H and O–H groups in total. The minimum absolute atomic E-state index is 0.259. The van der Waals surface area contributed by atoms with Crippen LogP contribution in [-0.4, -0.2) is 77.6 Å². The number of carbonyl (C=O) groups excluding carboxylic acids is 4. The molecule has 0 spiro atoms. The van der Waals surface area contributed by atoms with E-state index >= 15 is 0 Å². The van der Waals surface area contributed by atoms with E-state index < -0.39 is 46.5 Å². The van der Waals surface area contributed by atoms with Crippen LogP contribution in [0, 0.1) is 5.41 Å². The van der Waals surface area contributed by atoms with Crippen LogP contribution >= 0.6 is 0 Å². The maximum atomic E-state index is 14.4. The summed E-state index contributed by atoms with van der Waals surface area (Å²) in [6.07, 6.45) is 2.55. The van der Waals surface area contributed by atoms with Crippen LogP contribution in [0.3, 0.4) is 0 Å². The van der Waals surface area contributed by atoms with Crippen LogP contribution in [0.15, 0.2) is 42.0 Å². The quantitative estimate of drug-likeness (QED) is 0.208. The van der Waals surface area contributed by atoms with Gasteiger partial charge < -0.3 is 19.7 Å². The lowest BCUT2D eigenvalue weighted by atomic mass is 9.76. The van der Waals surface area contributed by atoms with Crippen molar-refractivity contribution in [1.29, 1.82) is 0 Å². The molecular formula is C35H57N3O6. The number of carbonyl (C=O) groups is 4. The molecule has 0 aliphatic heterocycles. The number of rotatable bonds is 13. The van der Waals surface area contributed by atoms with Gasteiger partial charge in [-0.1, -0.05) is 84.4 Å². The van der Waals surface area contributed by atoms with Crippen LogP contribution in [0.4, 0.5) is 4.79 Å². The van der Waals surface area contributed by atoms with Gasteiger partial charge in [0, 0.05) is 24.6 Å². The van der Waals surface area contributed by atoms with Gasteiger partial charge in [-0.15, -0.1) is 0 Å². The Morgan fingerprint density at radius 1 is 0.932 bits per heavy atom. The van der Waals surface area contributed by atoms with Crippen LogP contribution in [0.5, 0.6) is 0 Å². The molecule has 3 atom stereocenters. The Morgan fingerprint density at radius 3 is 1.95 bits per heavy atom. The summed E-state index contributed by atoms with van der Waals surface area (Å²) in [5, 5.41) is 3.05. The van der Waals surface area contributed by atoms with Gasteiger partial charge in [0.05, 0.1) is 12.6 Å². The van der Waals surface area contributed by atoms with Crippen molar-refractivity contribution in [2.75, 3.05) is 20.2 Å². The van der Waals surface area contributed by atoms with Gasteiger partial charge in [-0.2, -0.15) is 0 Å². The second kappa shape index (κ2) is 16.1. The van der Waals surface area contributed by atoms with Crippen molar-refractivity contribution in [2.45, 2.75) is 125 Å². The fourth-order valence-corrected chi connectivity index (χ4v) is 5.27. The predicted octanol–water partition coefficient (Wildman–Crippen LogP) is 6.26. The highest BCUT2D eigenvalue weighted by molar-refractivity contribution is 5.93. The topological polar surface area (TPSA) is 105 Å². The molecule has 0 radical (unpaired) electrons. The van der Waals surface area contributed by atoms with E-state index in [4.69, 9.17) is 9.47 Å². The minimum atomic E-state index is -1.01. The van der Waals surface area contributed by atoms with Gasteiger partial charge in [-0.3, -0.25) is 14.5 Å². The van der Waals surface area contributed by atoms with Crippen molar-refractivity contribution in [1.82, 2.24) is 15.1 Å². The summed E-state index contributed by atoms with van der Waals surface area (Å²) in [6, 6.07) is 7.20. The summed E-state index contributed by atoms with van der Waals surface area (Å²) < 4.78 is 10.8. The number of esters is 1. The number of benzene rings is 1. The average molecular weight is 616 g/mol. The van der Waals surface area contributed by atoms with Gasteiger partial charge in [0.25, 0.3) is 0 Å². The van der Waals surface area contributed by atoms with Crippen LogP contribution in [0.1, 0.15) is 101 Å². The predicted molar refractivity (Wildman–Crippen MR) is 175 cm³/mol. The lowest BCUT2D eigenvalue weighted by Gasteiger charge is -2.42. The van der Waals surface area contributed by atoms with Crippen molar-refractivity contribution in [3.05, 3.63) is 47.5 Å². The Kier molecular flexibility index (Phi) is 14.1.